The van der Waals surface area contributed by atoms with Crippen LogP contribution in [0.25, 0.3) is 11.3 Å². The van der Waals surface area contributed by atoms with Gasteiger partial charge in [0.25, 0.3) is 0 Å². The molecule has 0 amide bonds. The molecule has 1 aromatic heterocycles. The molecule has 0 radical (unpaired) electrons. The Morgan fingerprint density at radius 1 is 1.32 bits per heavy atom. The van der Waals surface area contributed by atoms with Gasteiger partial charge in [-0.05, 0) is 31.4 Å². The fourth-order valence-electron chi connectivity index (χ4n) is 1.90. The van der Waals surface area contributed by atoms with Crippen LogP contribution in [0.15, 0.2) is 23.4 Å². The molecule has 0 saturated carbocycles. The summed E-state index contributed by atoms with van der Waals surface area (Å²) >= 11 is 7.44. The highest BCUT2D eigenvalue weighted by Gasteiger charge is 2.16. The molecule has 0 N–H and O–H groups in total. The van der Waals surface area contributed by atoms with Gasteiger partial charge in [-0.3, -0.25) is 0 Å². The fraction of sp³-hybridized carbons (Fsp3) is 0.267. The van der Waals surface area contributed by atoms with Crippen LogP contribution in [-0.2, 0) is 0 Å². The summed E-state index contributed by atoms with van der Waals surface area (Å²) < 4.78 is 10.8. The van der Waals surface area contributed by atoms with Crippen molar-refractivity contribution in [1.82, 2.24) is 9.97 Å². The van der Waals surface area contributed by atoms with Gasteiger partial charge >= 0.3 is 0 Å². The van der Waals surface area contributed by atoms with Crippen LogP contribution in [0.5, 0.6) is 11.5 Å². The molecule has 2 aromatic rings. The molecule has 0 aliphatic heterocycles. The van der Waals surface area contributed by atoms with Crippen LogP contribution < -0.4 is 9.47 Å². The van der Waals surface area contributed by atoms with Gasteiger partial charge in [0.1, 0.15) is 11.6 Å². The summed E-state index contributed by atoms with van der Waals surface area (Å²) in [6, 6.07) is 7.43. The summed E-state index contributed by atoms with van der Waals surface area (Å²) in [5.74, 6) is 1.21. The number of nitrogens with zero attached hydrogens (tertiary/aromatic N) is 3. The smallest absolute Gasteiger partial charge is 0.189 e. The van der Waals surface area contributed by atoms with Crippen LogP contribution in [-0.4, -0.2) is 29.9 Å². The molecule has 5 nitrogen and oxygen atoms in total. The monoisotopic (exact) mass is 335 g/mol. The Morgan fingerprint density at radius 3 is 2.68 bits per heavy atom. The summed E-state index contributed by atoms with van der Waals surface area (Å²) in [5.41, 5.74) is 1.44. The van der Waals surface area contributed by atoms with Crippen molar-refractivity contribution in [3.8, 4) is 28.8 Å². The third-order valence-electron chi connectivity index (χ3n) is 2.88. The highest BCUT2D eigenvalue weighted by Crippen LogP contribution is 2.34. The number of hydrogen-bond donors (Lipinski definition) is 0. The Balaban J connectivity index is 2.61. The van der Waals surface area contributed by atoms with Crippen LogP contribution in [0.3, 0.4) is 0 Å². The molecule has 0 fully saturated rings. The van der Waals surface area contributed by atoms with Gasteiger partial charge in [-0.25, -0.2) is 9.97 Å². The van der Waals surface area contributed by atoms with Crippen molar-refractivity contribution in [2.24, 2.45) is 0 Å². The number of hydrogen-bond acceptors (Lipinski definition) is 6. The summed E-state index contributed by atoms with van der Waals surface area (Å²) in [4.78, 5) is 8.47. The molecule has 1 heterocycles. The van der Waals surface area contributed by atoms with Gasteiger partial charge in [0.15, 0.2) is 21.8 Å². The molecule has 0 unspecified atom stereocenters. The molecular formula is C15H14ClN3O2S. The zero-order chi connectivity index (χ0) is 16.1. The van der Waals surface area contributed by atoms with E-state index in [2.05, 4.69) is 16.0 Å². The highest BCUT2D eigenvalue weighted by atomic mass is 35.5. The number of aromatic nitrogens is 2. The maximum atomic E-state index is 9.31. The van der Waals surface area contributed by atoms with Crippen molar-refractivity contribution in [2.45, 2.75) is 12.1 Å². The molecular weight excluding hydrogens is 322 g/mol. The van der Waals surface area contributed by atoms with Gasteiger partial charge in [-0.2, -0.15) is 5.26 Å². The van der Waals surface area contributed by atoms with E-state index < -0.39 is 0 Å². The molecule has 1 aromatic carbocycles. The van der Waals surface area contributed by atoms with Gasteiger partial charge in [0.05, 0.1) is 19.4 Å². The van der Waals surface area contributed by atoms with Crippen LogP contribution >= 0.6 is 23.4 Å². The lowest BCUT2D eigenvalue weighted by molar-refractivity contribution is 0.311. The van der Waals surface area contributed by atoms with Gasteiger partial charge in [0, 0.05) is 5.56 Å². The van der Waals surface area contributed by atoms with E-state index >= 15 is 0 Å². The highest BCUT2D eigenvalue weighted by molar-refractivity contribution is 7.98. The average Bonchev–Trinajstić information content (AvgIpc) is 2.54. The van der Waals surface area contributed by atoms with Crippen molar-refractivity contribution in [3.05, 3.63) is 28.9 Å². The lowest BCUT2D eigenvalue weighted by atomic mass is 10.1. The third-order valence-corrected chi connectivity index (χ3v) is 3.70. The minimum Gasteiger partial charge on any atom is -0.493 e. The first-order valence-electron chi connectivity index (χ1n) is 6.47. The summed E-state index contributed by atoms with van der Waals surface area (Å²) in [6.45, 7) is 2.44. The zero-order valence-electron chi connectivity index (χ0n) is 12.4. The van der Waals surface area contributed by atoms with Gasteiger partial charge in [0.2, 0.25) is 0 Å². The second-order valence-corrected chi connectivity index (χ2v) is 5.27. The van der Waals surface area contributed by atoms with E-state index in [0.717, 1.165) is 5.56 Å². The Labute approximate surface area is 138 Å². The third kappa shape index (κ3) is 3.26. The molecule has 0 saturated heterocycles. The number of ether oxygens (including phenoxy) is 2. The Kier molecular flexibility index (Phi) is 5.47. The van der Waals surface area contributed by atoms with Gasteiger partial charge in [-0.1, -0.05) is 23.4 Å². The van der Waals surface area contributed by atoms with E-state index in [-0.39, 0.29) is 10.7 Å². The summed E-state index contributed by atoms with van der Waals surface area (Å²) in [6.07, 6.45) is 1.85. The van der Waals surface area contributed by atoms with E-state index in [1.54, 1.807) is 19.2 Å². The van der Waals surface area contributed by atoms with Crippen molar-refractivity contribution >= 4 is 23.4 Å². The largest absolute Gasteiger partial charge is 0.493 e. The molecule has 0 bridgehead atoms. The first kappa shape index (κ1) is 16.4. The van der Waals surface area contributed by atoms with Gasteiger partial charge < -0.3 is 9.47 Å². The van der Waals surface area contributed by atoms with Crippen molar-refractivity contribution in [1.29, 1.82) is 5.26 Å². The number of thioether (sulfide) groups is 1. The first-order valence-corrected chi connectivity index (χ1v) is 8.07. The van der Waals surface area contributed by atoms with Crippen molar-refractivity contribution in [2.75, 3.05) is 20.0 Å². The number of methoxy groups -OCH3 is 1. The quantitative estimate of drug-likeness (QED) is 0.470. The standard InChI is InChI=1S/C15H14ClN3O2S/c1-4-21-11-6-5-9(7-12(11)20-2)13-10(8-17)14(16)19-15(18-13)22-3/h5-7H,4H2,1-3H3. The van der Waals surface area contributed by atoms with E-state index in [1.807, 2.05) is 19.2 Å². The van der Waals surface area contributed by atoms with Gasteiger partial charge in [-0.15, -0.1) is 0 Å². The molecule has 0 aliphatic carbocycles. The Hall–Kier alpha value is -1.97. The van der Waals surface area contributed by atoms with Crippen LogP contribution in [0.2, 0.25) is 5.15 Å². The number of benzene rings is 1. The Bertz CT molecular complexity index is 731. The van der Waals surface area contributed by atoms with Crippen molar-refractivity contribution < 1.29 is 9.47 Å². The summed E-state index contributed by atoms with van der Waals surface area (Å²) in [5, 5.41) is 9.96. The average molecular weight is 336 g/mol. The predicted molar refractivity (Wildman–Crippen MR) is 86.7 cm³/mol. The maximum Gasteiger partial charge on any atom is 0.189 e. The van der Waals surface area contributed by atoms with Crippen LogP contribution in [0.4, 0.5) is 0 Å². The number of rotatable bonds is 5. The fourth-order valence-corrected chi connectivity index (χ4v) is 2.53. The van der Waals surface area contributed by atoms with E-state index in [4.69, 9.17) is 21.1 Å². The number of halogens is 1. The molecule has 2 rings (SSSR count). The van der Waals surface area contributed by atoms with Crippen LogP contribution in [0.1, 0.15) is 12.5 Å². The minimum absolute atomic E-state index is 0.143. The van der Waals surface area contributed by atoms with E-state index in [9.17, 15) is 5.26 Å². The lowest BCUT2D eigenvalue weighted by Gasteiger charge is -2.12. The van der Waals surface area contributed by atoms with E-state index in [0.29, 0.717) is 29.0 Å². The normalized spacial score (nSPS) is 10.1. The minimum atomic E-state index is 0.143. The molecule has 0 atom stereocenters. The van der Waals surface area contributed by atoms with E-state index in [1.165, 1.54) is 11.8 Å². The molecule has 22 heavy (non-hydrogen) atoms. The molecule has 0 spiro atoms. The molecule has 0 aliphatic rings. The second-order valence-electron chi connectivity index (χ2n) is 4.14. The van der Waals surface area contributed by atoms with Crippen molar-refractivity contribution in [3.63, 3.8) is 0 Å². The number of nitriles is 1. The molecule has 7 heteroatoms. The maximum absolute atomic E-state index is 9.31. The molecule has 114 valence electrons. The van der Waals surface area contributed by atoms with Crippen LogP contribution in [0, 0.1) is 11.3 Å². The zero-order valence-corrected chi connectivity index (χ0v) is 14.0. The first-order chi connectivity index (χ1) is 10.6. The Morgan fingerprint density at radius 2 is 2.09 bits per heavy atom. The predicted octanol–water partition coefficient (Wildman–Crippen LogP) is 3.80. The SMILES string of the molecule is CCOc1ccc(-c2nc(SC)nc(Cl)c2C#N)cc1OC. The lowest BCUT2D eigenvalue weighted by Crippen LogP contribution is -1.99. The second kappa shape index (κ2) is 7.34. The summed E-state index contributed by atoms with van der Waals surface area (Å²) in [7, 11) is 1.56. The topological polar surface area (TPSA) is 68.0 Å².